The summed E-state index contributed by atoms with van der Waals surface area (Å²) in [6.45, 7) is 7.78. The summed E-state index contributed by atoms with van der Waals surface area (Å²) in [6, 6.07) is 12.6. The van der Waals surface area contributed by atoms with Crippen molar-refractivity contribution in [2.45, 2.75) is 30.8 Å². The molecule has 0 aliphatic carbocycles. The van der Waals surface area contributed by atoms with E-state index in [1.54, 1.807) is 31.2 Å². The number of rotatable bonds is 6. The van der Waals surface area contributed by atoms with Crippen molar-refractivity contribution in [3.8, 4) is 0 Å². The van der Waals surface area contributed by atoms with Gasteiger partial charge in [0.1, 0.15) is 0 Å². The van der Waals surface area contributed by atoms with Crippen LogP contribution < -0.4 is 10.9 Å². The standard InChI is InChI=1S/C21H20ClN3O2S/c1-4-11-25-20(27)17-12-15(22)7-10-18(17)24-21(25)28-14(3)19(26)23-16-8-5-13(2)6-9-16/h4-10,12,14H,1,11H2,2-3H3,(H,23,26)/t14-/m1/s1. The Morgan fingerprint density at radius 2 is 2.04 bits per heavy atom. The molecule has 0 saturated heterocycles. The number of hydrogen-bond donors (Lipinski definition) is 1. The summed E-state index contributed by atoms with van der Waals surface area (Å²) < 4.78 is 1.51. The molecule has 0 spiro atoms. The van der Waals surface area contributed by atoms with E-state index in [0.717, 1.165) is 11.3 Å². The second-order valence-electron chi connectivity index (χ2n) is 6.38. The Morgan fingerprint density at radius 1 is 1.32 bits per heavy atom. The van der Waals surface area contributed by atoms with Gasteiger partial charge < -0.3 is 5.32 Å². The summed E-state index contributed by atoms with van der Waals surface area (Å²) in [6.07, 6.45) is 1.63. The minimum absolute atomic E-state index is 0.163. The van der Waals surface area contributed by atoms with E-state index < -0.39 is 5.25 Å². The average molecular weight is 414 g/mol. The summed E-state index contributed by atoms with van der Waals surface area (Å²) in [5, 5.41) is 3.82. The molecule has 144 valence electrons. The monoisotopic (exact) mass is 413 g/mol. The molecule has 0 aliphatic heterocycles. The minimum atomic E-state index is -0.450. The lowest BCUT2D eigenvalue weighted by Gasteiger charge is -2.15. The predicted octanol–water partition coefficient (Wildman–Crippen LogP) is 4.66. The third kappa shape index (κ3) is 4.46. The van der Waals surface area contributed by atoms with E-state index in [1.165, 1.54) is 16.3 Å². The predicted molar refractivity (Wildman–Crippen MR) is 116 cm³/mol. The Labute approximate surface area is 172 Å². The van der Waals surface area contributed by atoms with Gasteiger partial charge in [-0.2, -0.15) is 0 Å². The fraction of sp³-hybridized carbons (Fsp3) is 0.190. The highest BCUT2D eigenvalue weighted by Gasteiger charge is 2.19. The van der Waals surface area contributed by atoms with Gasteiger partial charge in [0, 0.05) is 17.3 Å². The van der Waals surface area contributed by atoms with Gasteiger partial charge in [-0.3, -0.25) is 14.2 Å². The number of aromatic nitrogens is 2. The van der Waals surface area contributed by atoms with Gasteiger partial charge in [-0.05, 0) is 44.2 Å². The third-order valence-corrected chi connectivity index (χ3v) is 5.49. The molecule has 28 heavy (non-hydrogen) atoms. The molecule has 0 bridgehead atoms. The van der Waals surface area contributed by atoms with Crippen molar-refractivity contribution >= 4 is 45.9 Å². The largest absolute Gasteiger partial charge is 0.325 e. The molecule has 0 fully saturated rings. The number of thioether (sulfide) groups is 1. The number of halogens is 1. The lowest BCUT2D eigenvalue weighted by Crippen LogP contribution is -2.26. The molecule has 0 saturated carbocycles. The normalized spacial score (nSPS) is 12.0. The number of amides is 1. The first kappa shape index (κ1) is 20.2. The summed E-state index contributed by atoms with van der Waals surface area (Å²) in [5.74, 6) is -0.163. The van der Waals surface area contributed by atoms with Crippen LogP contribution in [-0.4, -0.2) is 20.7 Å². The second kappa shape index (κ2) is 8.63. The summed E-state index contributed by atoms with van der Waals surface area (Å²) >= 11 is 7.25. The number of aryl methyl sites for hydroxylation is 1. The van der Waals surface area contributed by atoms with Crippen molar-refractivity contribution in [2.75, 3.05) is 5.32 Å². The number of carbonyl (C=O) groups is 1. The highest BCUT2D eigenvalue weighted by atomic mass is 35.5. The van der Waals surface area contributed by atoms with Crippen LogP contribution in [0.5, 0.6) is 0 Å². The first-order chi connectivity index (χ1) is 13.4. The zero-order chi connectivity index (χ0) is 20.3. The Kier molecular flexibility index (Phi) is 6.21. The number of allylic oxidation sites excluding steroid dienone is 1. The van der Waals surface area contributed by atoms with Gasteiger partial charge in [0.05, 0.1) is 16.2 Å². The van der Waals surface area contributed by atoms with Crippen LogP contribution in [0.1, 0.15) is 12.5 Å². The van der Waals surface area contributed by atoms with Crippen LogP contribution in [0.25, 0.3) is 10.9 Å². The van der Waals surface area contributed by atoms with Gasteiger partial charge in [0.15, 0.2) is 5.16 Å². The molecule has 0 aliphatic rings. The van der Waals surface area contributed by atoms with Gasteiger partial charge in [0.25, 0.3) is 5.56 Å². The number of anilines is 1. The average Bonchev–Trinajstić information content (AvgIpc) is 2.67. The van der Waals surface area contributed by atoms with Gasteiger partial charge >= 0.3 is 0 Å². The number of fused-ring (bicyclic) bond motifs is 1. The van der Waals surface area contributed by atoms with Crippen LogP contribution >= 0.6 is 23.4 Å². The molecule has 7 heteroatoms. The SMILES string of the molecule is C=CCn1c(S[C@H](C)C(=O)Nc2ccc(C)cc2)nc2ccc(Cl)cc2c1=O. The maximum Gasteiger partial charge on any atom is 0.262 e. The van der Waals surface area contributed by atoms with Crippen molar-refractivity contribution < 1.29 is 4.79 Å². The fourth-order valence-corrected chi connectivity index (χ4v) is 3.74. The molecule has 1 atom stereocenters. The molecule has 5 nitrogen and oxygen atoms in total. The highest BCUT2D eigenvalue weighted by molar-refractivity contribution is 8.00. The lowest BCUT2D eigenvalue weighted by atomic mass is 10.2. The Hall–Kier alpha value is -2.57. The quantitative estimate of drug-likeness (QED) is 0.362. The van der Waals surface area contributed by atoms with Crippen LogP contribution in [0.4, 0.5) is 5.69 Å². The van der Waals surface area contributed by atoms with E-state index in [1.807, 2.05) is 31.2 Å². The Balaban J connectivity index is 1.89. The zero-order valence-electron chi connectivity index (χ0n) is 15.6. The van der Waals surface area contributed by atoms with Crippen LogP contribution in [0.3, 0.4) is 0 Å². The van der Waals surface area contributed by atoms with Crippen molar-refractivity contribution in [1.82, 2.24) is 9.55 Å². The van der Waals surface area contributed by atoms with Gasteiger partial charge in [-0.15, -0.1) is 6.58 Å². The summed E-state index contributed by atoms with van der Waals surface area (Å²) in [7, 11) is 0. The zero-order valence-corrected chi connectivity index (χ0v) is 17.2. The van der Waals surface area contributed by atoms with Crippen molar-refractivity contribution in [1.29, 1.82) is 0 Å². The van der Waals surface area contributed by atoms with Crippen LogP contribution in [-0.2, 0) is 11.3 Å². The van der Waals surface area contributed by atoms with E-state index in [-0.39, 0.29) is 11.5 Å². The van der Waals surface area contributed by atoms with E-state index >= 15 is 0 Å². The van der Waals surface area contributed by atoms with E-state index in [2.05, 4.69) is 16.9 Å². The topological polar surface area (TPSA) is 64.0 Å². The lowest BCUT2D eigenvalue weighted by molar-refractivity contribution is -0.115. The molecular formula is C21H20ClN3O2S. The van der Waals surface area contributed by atoms with Crippen molar-refractivity contribution in [3.63, 3.8) is 0 Å². The van der Waals surface area contributed by atoms with E-state index in [9.17, 15) is 9.59 Å². The smallest absolute Gasteiger partial charge is 0.262 e. The molecule has 1 aromatic heterocycles. The molecule has 1 N–H and O–H groups in total. The number of carbonyl (C=O) groups excluding carboxylic acids is 1. The van der Waals surface area contributed by atoms with Crippen molar-refractivity contribution in [2.24, 2.45) is 0 Å². The molecule has 2 aromatic carbocycles. The molecule has 1 amide bonds. The van der Waals surface area contributed by atoms with Crippen LogP contribution in [0.2, 0.25) is 5.02 Å². The molecule has 3 aromatic rings. The van der Waals surface area contributed by atoms with Crippen LogP contribution in [0, 0.1) is 6.92 Å². The minimum Gasteiger partial charge on any atom is -0.325 e. The van der Waals surface area contributed by atoms with Crippen molar-refractivity contribution in [3.05, 3.63) is 76.1 Å². The van der Waals surface area contributed by atoms with E-state index in [0.29, 0.717) is 27.6 Å². The number of nitrogens with one attached hydrogen (secondary N) is 1. The van der Waals surface area contributed by atoms with Gasteiger partial charge in [-0.25, -0.2) is 4.98 Å². The highest BCUT2D eigenvalue weighted by Crippen LogP contribution is 2.25. The number of hydrogen-bond acceptors (Lipinski definition) is 4. The maximum atomic E-state index is 12.9. The second-order valence-corrected chi connectivity index (χ2v) is 8.12. The maximum absolute atomic E-state index is 12.9. The van der Waals surface area contributed by atoms with Gasteiger partial charge in [-0.1, -0.05) is 47.1 Å². The fourth-order valence-electron chi connectivity index (χ4n) is 2.65. The summed E-state index contributed by atoms with van der Waals surface area (Å²) in [4.78, 5) is 30.0. The molecule has 3 rings (SSSR count). The van der Waals surface area contributed by atoms with Gasteiger partial charge in [0.2, 0.25) is 5.91 Å². The molecular weight excluding hydrogens is 394 g/mol. The summed E-state index contributed by atoms with van der Waals surface area (Å²) in [5.41, 5.74) is 2.19. The molecule has 0 radical (unpaired) electrons. The first-order valence-electron chi connectivity index (χ1n) is 8.74. The molecule has 1 heterocycles. The first-order valence-corrected chi connectivity index (χ1v) is 10.00. The number of nitrogens with zero attached hydrogens (tertiary/aromatic N) is 2. The third-order valence-electron chi connectivity index (χ3n) is 4.16. The number of benzene rings is 2. The van der Waals surface area contributed by atoms with Crippen LogP contribution in [0.15, 0.2) is 65.1 Å². The Morgan fingerprint density at radius 3 is 2.71 bits per heavy atom. The van der Waals surface area contributed by atoms with E-state index in [4.69, 9.17) is 11.6 Å². The molecule has 0 unspecified atom stereocenters. The Bertz CT molecular complexity index is 1090.